The van der Waals surface area contributed by atoms with Gasteiger partial charge in [-0.25, -0.2) is 0 Å². The number of furan rings is 1. The molecule has 0 aliphatic rings. The molecule has 0 spiro atoms. The van der Waals surface area contributed by atoms with Gasteiger partial charge in [0.05, 0.1) is 11.8 Å². The van der Waals surface area contributed by atoms with E-state index < -0.39 is 11.8 Å². The summed E-state index contributed by atoms with van der Waals surface area (Å²) < 4.78 is 5.70. The van der Waals surface area contributed by atoms with E-state index in [9.17, 15) is 9.59 Å². The molecule has 0 unspecified atom stereocenters. The first kappa shape index (κ1) is 14.1. The summed E-state index contributed by atoms with van der Waals surface area (Å²) in [6.45, 7) is 0. The van der Waals surface area contributed by atoms with E-state index in [-0.39, 0.29) is 5.70 Å². The predicted molar refractivity (Wildman–Crippen MR) is 77.5 cm³/mol. The zero-order valence-electron chi connectivity index (χ0n) is 10.3. The second-order valence-electron chi connectivity index (χ2n) is 3.87. The van der Waals surface area contributed by atoms with Gasteiger partial charge in [-0.2, -0.15) is 0 Å². The molecule has 0 radical (unpaired) electrons. The molecule has 1 aromatic heterocycles. The van der Waals surface area contributed by atoms with Crippen molar-refractivity contribution < 1.29 is 14.0 Å². The van der Waals surface area contributed by atoms with Crippen LogP contribution in [0.3, 0.4) is 0 Å². The Labute approximate surface area is 123 Å². The van der Waals surface area contributed by atoms with Crippen LogP contribution in [0, 0.1) is 0 Å². The molecule has 5 nitrogen and oxygen atoms in total. The highest BCUT2D eigenvalue weighted by molar-refractivity contribution is 9.10. The molecule has 1 heterocycles. The lowest BCUT2D eigenvalue weighted by atomic mass is 10.2. The average Bonchev–Trinajstić information content (AvgIpc) is 2.91. The van der Waals surface area contributed by atoms with Crippen LogP contribution in [0.15, 0.2) is 57.2 Å². The van der Waals surface area contributed by atoms with E-state index >= 15 is 0 Å². The first-order valence-electron chi connectivity index (χ1n) is 5.69. The summed E-state index contributed by atoms with van der Waals surface area (Å²) in [6.07, 6.45) is 2.83. The number of hydrogen-bond donors (Lipinski definition) is 2. The second kappa shape index (κ2) is 6.21. The van der Waals surface area contributed by atoms with E-state index in [1.54, 1.807) is 36.4 Å². The van der Waals surface area contributed by atoms with Gasteiger partial charge in [-0.15, -0.1) is 0 Å². The summed E-state index contributed by atoms with van der Waals surface area (Å²) in [6, 6.07) is 10.2. The molecule has 0 aliphatic heterocycles. The van der Waals surface area contributed by atoms with Crippen LogP contribution in [0.5, 0.6) is 0 Å². The van der Waals surface area contributed by atoms with Gasteiger partial charge in [0.2, 0.25) is 0 Å². The maximum atomic E-state index is 12.1. The number of carbonyl (C=O) groups excluding carboxylic acids is 2. The Morgan fingerprint density at radius 2 is 1.95 bits per heavy atom. The van der Waals surface area contributed by atoms with Crippen molar-refractivity contribution in [1.29, 1.82) is 0 Å². The highest BCUT2D eigenvalue weighted by Gasteiger charge is 2.14. The number of nitrogens with one attached hydrogen (secondary N) is 1. The maximum absolute atomic E-state index is 12.1. The summed E-state index contributed by atoms with van der Waals surface area (Å²) in [4.78, 5) is 23.5. The van der Waals surface area contributed by atoms with Crippen LogP contribution in [0.4, 0.5) is 0 Å². The first-order valence-corrected chi connectivity index (χ1v) is 6.48. The van der Waals surface area contributed by atoms with E-state index in [1.165, 1.54) is 12.3 Å². The van der Waals surface area contributed by atoms with E-state index in [1.807, 2.05) is 0 Å². The third kappa shape index (κ3) is 3.36. The molecule has 6 heteroatoms. The monoisotopic (exact) mass is 334 g/mol. The van der Waals surface area contributed by atoms with Gasteiger partial charge >= 0.3 is 0 Å². The van der Waals surface area contributed by atoms with Crippen LogP contribution >= 0.6 is 15.9 Å². The second-order valence-corrected chi connectivity index (χ2v) is 4.73. The molecule has 0 fully saturated rings. The number of halogens is 1. The fraction of sp³-hybridized carbons (Fsp3) is 0. The Kier molecular flexibility index (Phi) is 4.37. The van der Waals surface area contributed by atoms with Gasteiger partial charge < -0.3 is 15.5 Å². The number of hydrogen-bond acceptors (Lipinski definition) is 3. The van der Waals surface area contributed by atoms with E-state index in [0.29, 0.717) is 15.8 Å². The molecule has 0 atom stereocenters. The minimum Gasteiger partial charge on any atom is -0.465 e. The topological polar surface area (TPSA) is 85.3 Å². The van der Waals surface area contributed by atoms with Gasteiger partial charge in [0.1, 0.15) is 11.5 Å². The zero-order chi connectivity index (χ0) is 14.5. The Morgan fingerprint density at radius 3 is 2.55 bits per heavy atom. The molecule has 0 saturated carbocycles. The predicted octanol–water partition coefficient (Wildman–Crippen LogP) is 2.30. The molecule has 2 amide bonds. The van der Waals surface area contributed by atoms with E-state index in [4.69, 9.17) is 10.2 Å². The smallest absolute Gasteiger partial charge is 0.265 e. The Hall–Kier alpha value is -2.34. The van der Waals surface area contributed by atoms with Crippen molar-refractivity contribution in [3.8, 4) is 0 Å². The molecule has 0 aliphatic carbocycles. The molecule has 0 bridgehead atoms. The number of carbonyl (C=O) groups is 2. The van der Waals surface area contributed by atoms with Gasteiger partial charge in [-0.1, -0.05) is 12.1 Å². The number of benzene rings is 1. The number of nitrogens with two attached hydrogens (primary N) is 1. The van der Waals surface area contributed by atoms with Crippen LogP contribution in [0.1, 0.15) is 16.1 Å². The Morgan fingerprint density at radius 1 is 1.20 bits per heavy atom. The molecular weight excluding hydrogens is 324 g/mol. The largest absolute Gasteiger partial charge is 0.465 e. The Bertz CT molecular complexity index is 663. The number of rotatable bonds is 4. The molecule has 20 heavy (non-hydrogen) atoms. The molecule has 2 rings (SSSR count). The van der Waals surface area contributed by atoms with E-state index in [2.05, 4.69) is 21.2 Å². The van der Waals surface area contributed by atoms with Crippen LogP contribution < -0.4 is 11.1 Å². The van der Waals surface area contributed by atoms with Crippen molar-refractivity contribution in [1.82, 2.24) is 5.32 Å². The molecule has 3 N–H and O–H groups in total. The average molecular weight is 335 g/mol. The van der Waals surface area contributed by atoms with Gasteiger partial charge in [0, 0.05) is 10.5 Å². The van der Waals surface area contributed by atoms with Crippen molar-refractivity contribution in [3.05, 3.63) is 64.2 Å². The highest BCUT2D eigenvalue weighted by Crippen LogP contribution is 2.16. The third-order valence-electron chi connectivity index (χ3n) is 2.46. The van der Waals surface area contributed by atoms with Crippen LogP contribution in [-0.4, -0.2) is 11.8 Å². The lowest BCUT2D eigenvalue weighted by Crippen LogP contribution is -2.31. The van der Waals surface area contributed by atoms with Crippen molar-refractivity contribution in [2.45, 2.75) is 0 Å². The molecule has 102 valence electrons. The zero-order valence-corrected chi connectivity index (χ0v) is 11.9. The van der Waals surface area contributed by atoms with Gasteiger partial charge in [0.15, 0.2) is 0 Å². The first-order chi connectivity index (χ1) is 9.58. The van der Waals surface area contributed by atoms with Crippen molar-refractivity contribution in [2.75, 3.05) is 0 Å². The molecule has 1 aromatic carbocycles. The van der Waals surface area contributed by atoms with Crippen molar-refractivity contribution in [3.63, 3.8) is 0 Å². The minimum atomic E-state index is -0.748. The lowest BCUT2D eigenvalue weighted by Gasteiger charge is -2.07. The lowest BCUT2D eigenvalue weighted by molar-refractivity contribution is -0.114. The SMILES string of the molecule is NC(=O)/C(=C\c1ccco1)NC(=O)c1ccccc1Br. The quantitative estimate of drug-likeness (QED) is 0.841. The summed E-state index contributed by atoms with van der Waals surface area (Å²) in [5.74, 6) is -0.762. The summed E-state index contributed by atoms with van der Waals surface area (Å²) in [5.41, 5.74) is 5.60. The maximum Gasteiger partial charge on any atom is 0.265 e. The van der Waals surface area contributed by atoms with Crippen LogP contribution in [-0.2, 0) is 4.79 Å². The minimum absolute atomic E-state index is 0.0410. The van der Waals surface area contributed by atoms with Crippen molar-refractivity contribution >= 4 is 33.8 Å². The van der Waals surface area contributed by atoms with Crippen molar-refractivity contribution in [2.24, 2.45) is 5.73 Å². The normalized spacial score (nSPS) is 11.2. The highest BCUT2D eigenvalue weighted by atomic mass is 79.9. The fourth-order valence-corrected chi connectivity index (χ4v) is 1.98. The third-order valence-corrected chi connectivity index (χ3v) is 3.15. The number of amides is 2. The molecular formula is C14H11BrN2O3. The van der Waals surface area contributed by atoms with E-state index in [0.717, 1.165) is 0 Å². The molecule has 0 saturated heterocycles. The van der Waals surface area contributed by atoms with Gasteiger partial charge in [0.25, 0.3) is 11.8 Å². The van der Waals surface area contributed by atoms with Gasteiger partial charge in [-0.3, -0.25) is 9.59 Å². The fourth-order valence-electron chi connectivity index (χ4n) is 1.52. The number of primary amides is 1. The standard InChI is InChI=1S/C14H11BrN2O3/c15-11-6-2-1-5-10(11)14(19)17-12(13(16)18)8-9-4-3-7-20-9/h1-8H,(H2,16,18)(H,17,19)/b12-8+. The summed E-state index contributed by atoms with van der Waals surface area (Å²) in [5, 5.41) is 2.47. The summed E-state index contributed by atoms with van der Waals surface area (Å²) in [7, 11) is 0. The van der Waals surface area contributed by atoms with Crippen LogP contribution in [0.2, 0.25) is 0 Å². The summed E-state index contributed by atoms with van der Waals surface area (Å²) >= 11 is 3.27. The Balaban J connectivity index is 2.24. The molecule has 2 aromatic rings. The van der Waals surface area contributed by atoms with Crippen LogP contribution in [0.25, 0.3) is 6.08 Å². The van der Waals surface area contributed by atoms with Gasteiger partial charge in [-0.05, 0) is 40.2 Å².